The summed E-state index contributed by atoms with van der Waals surface area (Å²) in [6, 6.07) is 2.65. The third-order valence-corrected chi connectivity index (χ3v) is 4.68. The minimum absolute atomic E-state index is 0.332. The van der Waals surface area contributed by atoms with Crippen molar-refractivity contribution in [2.45, 2.75) is 0 Å². The van der Waals surface area contributed by atoms with E-state index < -0.39 is 48.8 Å². The van der Waals surface area contributed by atoms with Gasteiger partial charge in [0, 0.05) is 6.26 Å². The minimum Gasteiger partial charge on any atom is -0.478 e. The first kappa shape index (κ1) is 16.4. The molecule has 0 aliphatic heterocycles. The number of rotatable bonds is 6. The molecule has 20 heavy (non-hydrogen) atoms. The van der Waals surface area contributed by atoms with Gasteiger partial charge in [-0.25, -0.2) is 26.0 Å². The first-order valence-electron chi connectivity index (χ1n) is 5.21. The molecule has 0 heterocycles. The average molecular weight is 325 g/mol. The van der Waals surface area contributed by atoms with Crippen LogP contribution in [0.1, 0.15) is 10.4 Å². The molecule has 0 aliphatic rings. The van der Waals surface area contributed by atoms with Crippen LogP contribution in [0.4, 0.5) is 10.1 Å². The fourth-order valence-corrected chi connectivity index (χ4v) is 3.90. The van der Waals surface area contributed by atoms with Crippen LogP contribution in [-0.2, 0) is 19.9 Å². The normalized spacial score (nSPS) is 12.1. The number of nitrogens with one attached hydrogen (secondary N) is 1. The molecule has 0 saturated carbocycles. The molecule has 7 nitrogen and oxygen atoms in total. The quantitative estimate of drug-likeness (QED) is 0.777. The fourth-order valence-electron chi connectivity index (χ4n) is 1.21. The lowest BCUT2D eigenvalue weighted by atomic mass is 10.2. The minimum atomic E-state index is -4.04. The van der Waals surface area contributed by atoms with Crippen LogP contribution >= 0.6 is 0 Å². The Bertz CT molecular complexity index is 726. The predicted octanol–water partition coefficient (Wildman–Crippen LogP) is 0.310. The molecule has 112 valence electrons. The Hall–Kier alpha value is -1.68. The van der Waals surface area contributed by atoms with E-state index in [4.69, 9.17) is 5.11 Å². The van der Waals surface area contributed by atoms with Crippen molar-refractivity contribution in [3.63, 3.8) is 0 Å². The Morgan fingerprint density at radius 1 is 1.25 bits per heavy atom. The highest BCUT2D eigenvalue weighted by atomic mass is 32.2. The average Bonchev–Trinajstić information content (AvgIpc) is 2.28. The Morgan fingerprint density at radius 2 is 1.85 bits per heavy atom. The number of aromatic carboxylic acids is 1. The number of hydrogen-bond acceptors (Lipinski definition) is 5. The van der Waals surface area contributed by atoms with Gasteiger partial charge in [-0.1, -0.05) is 0 Å². The monoisotopic (exact) mass is 325 g/mol. The highest BCUT2D eigenvalue weighted by Gasteiger charge is 2.17. The van der Waals surface area contributed by atoms with Crippen molar-refractivity contribution in [1.29, 1.82) is 0 Å². The summed E-state index contributed by atoms with van der Waals surface area (Å²) in [6.07, 6.45) is 0.880. The zero-order valence-corrected chi connectivity index (χ0v) is 12.0. The maximum absolute atomic E-state index is 13.5. The second kappa shape index (κ2) is 5.75. The van der Waals surface area contributed by atoms with Gasteiger partial charge in [0.05, 0.1) is 22.8 Å². The van der Waals surface area contributed by atoms with E-state index in [9.17, 15) is 26.0 Å². The van der Waals surface area contributed by atoms with E-state index in [0.29, 0.717) is 6.07 Å². The molecular weight excluding hydrogens is 313 g/mol. The largest absolute Gasteiger partial charge is 0.478 e. The Kier molecular flexibility index (Phi) is 4.71. The summed E-state index contributed by atoms with van der Waals surface area (Å²) < 4.78 is 60.3. The zero-order valence-electron chi connectivity index (χ0n) is 10.3. The van der Waals surface area contributed by atoms with E-state index in [2.05, 4.69) is 0 Å². The van der Waals surface area contributed by atoms with Gasteiger partial charge in [0.25, 0.3) is 0 Å². The van der Waals surface area contributed by atoms with Gasteiger partial charge in [-0.15, -0.1) is 0 Å². The van der Waals surface area contributed by atoms with Crippen molar-refractivity contribution >= 4 is 31.5 Å². The van der Waals surface area contributed by atoms with E-state index in [0.717, 1.165) is 18.4 Å². The molecule has 10 heteroatoms. The molecule has 0 saturated heterocycles. The molecule has 0 aromatic heterocycles. The van der Waals surface area contributed by atoms with Crippen LogP contribution in [0.5, 0.6) is 0 Å². The third kappa shape index (κ3) is 5.13. The second-order valence-electron chi connectivity index (χ2n) is 4.05. The summed E-state index contributed by atoms with van der Waals surface area (Å²) >= 11 is 0. The van der Waals surface area contributed by atoms with Crippen LogP contribution in [-0.4, -0.2) is 45.7 Å². The summed E-state index contributed by atoms with van der Waals surface area (Å²) in [4.78, 5) is 10.6. The number of carbonyl (C=O) groups is 1. The molecular formula is C10H12FNO6S2. The fraction of sp³-hybridized carbons (Fsp3) is 0.300. The van der Waals surface area contributed by atoms with Crippen LogP contribution in [0.25, 0.3) is 0 Å². The molecule has 0 unspecified atom stereocenters. The smallest absolute Gasteiger partial charge is 0.335 e. The number of benzene rings is 1. The lowest BCUT2D eigenvalue weighted by Gasteiger charge is -2.08. The van der Waals surface area contributed by atoms with Gasteiger partial charge >= 0.3 is 5.97 Å². The topological polar surface area (TPSA) is 118 Å². The van der Waals surface area contributed by atoms with E-state index >= 15 is 0 Å². The Labute approximate surface area is 115 Å². The van der Waals surface area contributed by atoms with Crippen LogP contribution in [0.2, 0.25) is 0 Å². The molecule has 0 spiro atoms. The van der Waals surface area contributed by atoms with E-state index in [1.807, 2.05) is 4.72 Å². The molecule has 1 aromatic carbocycles. The summed E-state index contributed by atoms with van der Waals surface area (Å²) in [5.74, 6) is -3.73. The van der Waals surface area contributed by atoms with E-state index in [1.54, 1.807) is 0 Å². The number of sulfonamides is 1. The summed E-state index contributed by atoms with van der Waals surface area (Å²) in [5, 5.41) is 8.63. The predicted molar refractivity (Wildman–Crippen MR) is 70.5 cm³/mol. The van der Waals surface area contributed by atoms with Gasteiger partial charge in [-0.05, 0) is 18.2 Å². The second-order valence-corrected chi connectivity index (χ2v) is 8.15. The van der Waals surface area contributed by atoms with Gasteiger partial charge in [0.2, 0.25) is 10.0 Å². The number of hydrogen-bond donors (Lipinski definition) is 2. The summed E-state index contributed by atoms with van der Waals surface area (Å²) in [6.45, 7) is 0. The van der Waals surface area contributed by atoms with Crippen molar-refractivity contribution in [2.75, 3.05) is 22.5 Å². The number of halogens is 1. The standard InChI is InChI=1S/C10H12FNO6S2/c1-19(15,16)4-5-20(17,18)12-9-3-2-7(10(13)14)6-8(9)11/h2-3,6,12H,4-5H2,1H3,(H,13,14). The van der Waals surface area contributed by atoms with Gasteiger partial charge in [0.15, 0.2) is 0 Å². The van der Waals surface area contributed by atoms with Crippen molar-refractivity contribution < 1.29 is 31.1 Å². The van der Waals surface area contributed by atoms with Crippen molar-refractivity contribution in [3.05, 3.63) is 29.6 Å². The van der Waals surface area contributed by atoms with Crippen LogP contribution in [0.15, 0.2) is 18.2 Å². The Balaban J connectivity index is 2.90. The van der Waals surface area contributed by atoms with Crippen LogP contribution < -0.4 is 4.72 Å². The van der Waals surface area contributed by atoms with Gasteiger partial charge in [-0.2, -0.15) is 0 Å². The highest BCUT2D eigenvalue weighted by Crippen LogP contribution is 2.17. The molecule has 0 amide bonds. The number of carboxylic acid groups (broad SMARTS) is 1. The highest BCUT2D eigenvalue weighted by molar-refractivity contribution is 7.95. The maximum atomic E-state index is 13.5. The number of carboxylic acids is 1. The molecule has 1 aromatic rings. The SMILES string of the molecule is CS(=O)(=O)CCS(=O)(=O)Nc1ccc(C(=O)O)cc1F. The first-order chi connectivity index (χ1) is 9.00. The first-order valence-corrected chi connectivity index (χ1v) is 8.92. The third-order valence-electron chi connectivity index (χ3n) is 2.20. The summed E-state index contributed by atoms with van der Waals surface area (Å²) in [7, 11) is -7.51. The Morgan fingerprint density at radius 3 is 2.30 bits per heavy atom. The van der Waals surface area contributed by atoms with Gasteiger partial charge in [-0.3, -0.25) is 4.72 Å². The maximum Gasteiger partial charge on any atom is 0.335 e. The summed E-state index contributed by atoms with van der Waals surface area (Å²) in [5.41, 5.74) is -0.773. The van der Waals surface area contributed by atoms with E-state index in [1.165, 1.54) is 0 Å². The van der Waals surface area contributed by atoms with E-state index in [-0.39, 0.29) is 5.56 Å². The lowest BCUT2D eigenvalue weighted by Crippen LogP contribution is -2.23. The molecule has 0 bridgehead atoms. The molecule has 0 radical (unpaired) electrons. The number of sulfone groups is 1. The molecule has 0 aliphatic carbocycles. The lowest BCUT2D eigenvalue weighted by molar-refractivity contribution is 0.0696. The van der Waals surface area contributed by atoms with Gasteiger partial charge in [0.1, 0.15) is 15.7 Å². The molecule has 0 fully saturated rings. The van der Waals surface area contributed by atoms with Crippen LogP contribution in [0.3, 0.4) is 0 Å². The molecule has 0 atom stereocenters. The van der Waals surface area contributed by atoms with Crippen LogP contribution in [0, 0.1) is 5.82 Å². The molecule has 1 rings (SSSR count). The van der Waals surface area contributed by atoms with Gasteiger partial charge < -0.3 is 5.11 Å². The zero-order chi connectivity index (χ0) is 15.6. The van der Waals surface area contributed by atoms with Crippen molar-refractivity contribution in [3.8, 4) is 0 Å². The van der Waals surface area contributed by atoms with Crippen molar-refractivity contribution in [1.82, 2.24) is 0 Å². The van der Waals surface area contributed by atoms with Crippen molar-refractivity contribution in [2.24, 2.45) is 0 Å². The number of anilines is 1. The molecule has 2 N–H and O–H groups in total.